The van der Waals surface area contributed by atoms with Crippen LogP contribution in [-0.4, -0.2) is 72.5 Å². The molecule has 0 aliphatic carbocycles. The van der Waals surface area contributed by atoms with Gasteiger partial charge in [0.05, 0.1) is 6.61 Å². The molecule has 2 atom stereocenters. The van der Waals surface area contributed by atoms with E-state index in [0.29, 0.717) is 19.5 Å². The summed E-state index contributed by atoms with van der Waals surface area (Å²) in [5.41, 5.74) is 0.152. The van der Waals surface area contributed by atoms with Gasteiger partial charge in [0.2, 0.25) is 0 Å². The predicted octanol–water partition coefficient (Wildman–Crippen LogP) is 1.66. The van der Waals surface area contributed by atoms with Crippen molar-refractivity contribution in [1.29, 1.82) is 0 Å². The molecule has 30 heavy (non-hydrogen) atoms. The van der Waals surface area contributed by atoms with Crippen molar-refractivity contribution in [1.82, 2.24) is 10.6 Å². The molecule has 10 heteroatoms. The number of carbonyl (C=O) groups is 3. The number of hydrogen-bond donors (Lipinski definition) is 5. The molecule has 0 aromatic carbocycles. The van der Waals surface area contributed by atoms with Gasteiger partial charge in [0, 0.05) is 18.7 Å². The first-order valence-electron chi connectivity index (χ1n) is 9.90. The summed E-state index contributed by atoms with van der Waals surface area (Å²) in [7, 11) is 0. The zero-order valence-corrected chi connectivity index (χ0v) is 18.5. The summed E-state index contributed by atoms with van der Waals surface area (Å²) >= 11 is 0. The molecule has 10 nitrogen and oxygen atoms in total. The minimum Gasteiger partial charge on any atom is -0.478 e. The monoisotopic (exact) mass is 432 g/mol. The number of aliphatic hydroxyl groups excluding tert-OH is 2. The Morgan fingerprint density at radius 2 is 1.67 bits per heavy atom. The van der Waals surface area contributed by atoms with Gasteiger partial charge in [-0.25, -0.2) is 14.4 Å². The van der Waals surface area contributed by atoms with Crippen LogP contribution in [0.2, 0.25) is 0 Å². The van der Waals surface area contributed by atoms with Gasteiger partial charge in [-0.1, -0.05) is 20.8 Å². The van der Waals surface area contributed by atoms with Gasteiger partial charge < -0.3 is 35.4 Å². The summed E-state index contributed by atoms with van der Waals surface area (Å²) in [6.07, 6.45) is -0.949. The Hall–Kier alpha value is -2.33. The predicted molar refractivity (Wildman–Crippen MR) is 110 cm³/mol. The molecule has 2 amide bonds. The molecule has 0 saturated heterocycles. The number of hydrogen-bond acceptors (Lipinski definition) is 7. The van der Waals surface area contributed by atoms with Crippen LogP contribution in [-0.2, 0) is 14.3 Å². The van der Waals surface area contributed by atoms with Crippen LogP contribution in [0, 0.1) is 11.3 Å². The molecule has 0 spiro atoms. The molecule has 0 rings (SSSR count). The molecule has 0 bridgehead atoms. The lowest BCUT2D eigenvalue weighted by Gasteiger charge is -2.28. The van der Waals surface area contributed by atoms with Crippen LogP contribution in [0.15, 0.2) is 11.1 Å². The minimum absolute atomic E-state index is 0.0125. The second-order valence-corrected chi connectivity index (χ2v) is 8.12. The lowest BCUT2D eigenvalue weighted by atomic mass is 9.80. The maximum Gasteiger partial charge on any atom is 0.407 e. The Morgan fingerprint density at radius 3 is 2.23 bits per heavy atom. The highest BCUT2D eigenvalue weighted by molar-refractivity contribution is 5.86. The van der Waals surface area contributed by atoms with Gasteiger partial charge in [-0.15, -0.1) is 0 Å². The number of amides is 2. The van der Waals surface area contributed by atoms with E-state index in [2.05, 4.69) is 24.5 Å². The highest BCUT2D eigenvalue weighted by Crippen LogP contribution is 2.28. The maximum atomic E-state index is 11.8. The van der Waals surface area contributed by atoms with Crippen LogP contribution in [0.1, 0.15) is 47.5 Å². The van der Waals surface area contributed by atoms with E-state index in [4.69, 9.17) is 19.7 Å². The summed E-state index contributed by atoms with van der Waals surface area (Å²) in [5, 5.41) is 32.7. The third-order valence-electron chi connectivity index (χ3n) is 4.68. The lowest BCUT2D eigenvalue weighted by Crippen LogP contribution is -2.34. The molecule has 0 saturated carbocycles. The number of alkyl carbamates (subject to hydrolysis) is 2. The fourth-order valence-corrected chi connectivity index (χ4v) is 2.82. The zero-order valence-electron chi connectivity index (χ0n) is 18.5. The topological polar surface area (TPSA) is 154 Å². The minimum atomic E-state index is -1.18. The average molecular weight is 433 g/mol. The number of rotatable bonds is 13. The second-order valence-electron chi connectivity index (χ2n) is 8.12. The van der Waals surface area contributed by atoms with E-state index in [9.17, 15) is 19.5 Å². The van der Waals surface area contributed by atoms with Crippen molar-refractivity contribution in [3.05, 3.63) is 11.1 Å². The number of carboxylic acids is 1. The van der Waals surface area contributed by atoms with Crippen LogP contribution in [0.25, 0.3) is 0 Å². The number of aliphatic carboxylic acids is 1. The van der Waals surface area contributed by atoms with E-state index in [1.165, 1.54) is 13.8 Å². The normalized spacial score (nSPS) is 14.2. The Labute approximate surface area is 177 Å². The zero-order chi connectivity index (χ0) is 23.3. The van der Waals surface area contributed by atoms with Gasteiger partial charge in [-0.2, -0.15) is 0 Å². The molecule has 0 aromatic heterocycles. The summed E-state index contributed by atoms with van der Waals surface area (Å²) in [4.78, 5) is 34.1. The molecule has 0 radical (unpaired) electrons. The SMILES string of the molecule is CC(C(=O)O)=C(C)C(O)COC(=O)NCC(C)CC(C)(C)CCNC(=O)OCCO. The first-order valence-corrected chi connectivity index (χ1v) is 9.90. The molecule has 2 unspecified atom stereocenters. The summed E-state index contributed by atoms with van der Waals surface area (Å²) in [6, 6.07) is 0. The average Bonchev–Trinajstić information content (AvgIpc) is 2.66. The number of nitrogens with one attached hydrogen (secondary N) is 2. The number of aliphatic hydroxyl groups is 2. The van der Waals surface area contributed by atoms with E-state index in [1.807, 2.05) is 6.92 Å². The summed E-state index contributed by atoms with van der Waals surface area (Å²) in [6.45, 7) is 9.13. The van der Waals surface area contributed by atoms with Crippen LogP contribution in [0.5, 0.6) is 0 Å². The van der Waals surface area contributed by atoms with Crippen molar-refractivity contribution in [2.75, 3.05) is 32.9 Å². The molecular weight excluding hydrogens is 396 g/mol. The van der Waals surface area contributed by atoms with Crippen LogP contribution in [0.3, 0.4) is 0 Å². The van der Waals surface area contributed by atoms with Crippen molar-refractivity contribution in [3.8, 4) is 0 Å². The highest BCUT2D eigenvalue weighted by atomic mass is 16.6. The van der Waals surface area contributed by atoms with Crippen molar-refractivity contribution in [3.63, 3.8) is 0 Å². The third-order valence-corrected chi connectivity index (χ3v) is 4.68. The first kappa shape index (κ1) is 27.7. The van der Waals surface area contributed by atoms with Crippen molar-refractivity contribution < 1.29 is 39.2 Å². The van der Waals surface area contributed by atoms with E-state index >= 15 is 0 Å². The smallest absolute Gasteiger partial charge is 0.407 e. The standard InChI is InChI=1S/C20H36N2O8/c1-13(10-20(4,5)6-7-21-18(27)29-9-8-23)11-22-19(28)30-12-16(24)14(2)15(3)17(25)26/h13,16,23-24H,6-12H2,1-5H3,(H,21,27)(H,22,28)(H,25,26). The number of ether oxygens (including phenoxy) is 2. The van der Waals surface area contributed by atoms with Crippen LogP contribution >= 0.6 is 0 Å². The molecule has 5 N–H and O–H groups in total. The first-order chi connectivity index (χ1) is 13.9. The van der Waals surface area contributed by atoms with Crippen molar-refractivity contribution >= 4 is 18.2 Å². The van der Waals surface area contributed by atoms with Crippen LogP contribution in [0.4, 0.5) is 9.59 Å². The van der Waals surface area contributed by atoms with Crippen molar-refractivity contribution in [2.45, 2.75) is 53.6 Å². The van der Waals surface area contributed by atoms with Crippen molar-refractivity contribution in [2.24, 2.45) is 11.3 Å². The fraction of sp³-hybridized carbons (Fsp3) is 0.750. The highest BCUT2D eigenvalue weighted by Gasteiger charge is 2.22. The van der Waals surface area contributed by atoms with E-state index < -0.39 is 24.3 Å². The Kier molecular flexibility index (Phi) is 12.7. The Bertz CT molecular complexity index is 604. The van der Waals surface area contributed by atoms with Crippen LogP contribution < -0.4 is 10.6 Å². The van der Waals surface area contributed by atoms with E-state index in [-0.39, 0.29) is 42.3 Å². The molecule has 0 heterocycles. The number of carbonyl (C=O) groups excluding carboxylic acids is 2. The Balaban J connectivity index is 4.22. The van der Waals surface area contributed by atoms with Gasteiger partial charge in [0.25, 0.3) is 0 Å². The fourth-order valence-electron chi connectivity index (χ4n) is 2.82. The quantitative estimate of drug-likeness (QED) is 0.275. The van der Waals surface area contributed by atoms with Gasteiger partial charge >= 0.3 is 18.2 Å². The molecular formula is C20H36N2O8. The Morgan fingerprint density at radius 1 is 1.07 bits per heavy atom. The summed E-state index contributed by atoms with van der Waals surface area (Å²) in [5.74, 6) is -1.00. The summed E-state index contributed by atoms with van der Waals surface area (Å²) < 4.78 is 9.67. The number of carboxylic acid groups (broad SMARTS) is 1. The molecule has 0 aromatic rings. The largest absolute Gasteiger partial charge is 0.478 e. The van der Waals surface area contributed by atoms with Gasteiger partial charge in [0.15, 0.2) is 0 Å². The molecule has 0 fully saturated rings. The van der Waals surface area contributed by atoms with Gasteiger partial charge in [-0.3, -0.25) is 0 Å². The van der Waals surface area contributed by atoms with E-state index in [0.717, 1.165) is 6.42 Å². The molecule has 0 aliphatic rings. The third kappa shape index (κ3) is 12.3. The molecule has 174 valence electrons. The molecule has 0 aliphatic heterocycles. The van der Waals surface area contributed by atoms with Gasteiger partial charge in [0.1, 0.15) is 19.3 Å². The van der Waals surface area contributed by atoms with E-state index in [1.54, 1.807) is 0 Å². The lowest BCUT2D eigenvalue weighted by molar-refractivity contribution is -0.132. The van der Waals surface area contributed by atoms with Gasteiger partial charge in [-0.05, 0) is 43.6 Å². The second kappa shape index (κ2) is 13.8. The maximum absolute atomic E-state index is 11.8.